The van der Waals surface area contributed by atoms with Gasteiger partial charge in [0.15, 0.2) is 0 Å². The van der Waals surface area contributed by atoms with Crippen LogP contribution >= 0.6 is 0 Å². The quantitative estimate of drug-likeness (QED) is 0.762. The molecule has 132 valence electrons. The van der Waals surface area contributed by atoms with Crippen LogP contribution in [0.15, 0.2) is 11.6 Å². The Morgan fingerprint density at radius 1 is 1.13 bits per heavy atom. The summed E-state index contributed by atoms with van der Waals surface area (Å²) in [5.74, 6) is 0.941. The van der Waals surface area contributed by atoms with Crippen molar-refractivity contribution in [3.63, 3.8) is 0 Å². The lowest BCUT2D eigenvalue weighted by molar-refractivity contribution is -0.207. The fraction of sp³-hybridized carbons (Fsp3) is 0.900. The zero-order chi connectivity index (χ0) is 17.0. The summed E-state index contributed by atoms with van der Waals surface area (Å²) in [7, 11) is 0. The summed E-state index contributed by atoms with van der Waals surface area (Å²) in [6.07, 6.45) is 7.10. The standard InChI is InChI=1S/C20H34O3/c1-13(7-10-21)14-11-16-19(4)9-6-8-18(2,3)15(19)12-17(22)20(16,5)23-14/h7,14-17,21-22H,6,8-12H2,1-5H3/b13-7+/t14-,15+,16-,17+,19+,20+/m1/s1. The highest BCUT2D eigenvalue weighted by Gasteiger charge is 2.65. The van der Waals surface area contributed by atoms with E-state index in [1.807, 2.05) is 13.0 Å². The minimum atomic E-state index is -0.451. The Morgan fingerprint density at radius 3 is 2.48 bits per heavy atom. The number of rotatable bonds is 2. The molecule has 1 heterocycles. The average molecular weight is 322 g/mol. The first kappa shape index (κ1) is 17.4. The van der Waals surface area contributed by atoms with Crippen LogP contribution in [0.1, 0.15) is 66.7 Å². The maximum Gasteiger partial charge on any atom is 0.0954 e. The summed E-state index contributed by atoms with van der Waals surface area (Å²) in [6.45, 7) is 11.4. The largest absolute Gasteiger partial charge is 0.392 e. The summed E-state index contributed by atoms with van der Waals surface area (Å²) >= 11 is 0. The smallest absolute Gasteiger partial charge is 0.0954 e. The van der Waals surface area contributed by atoms with Crippen LogP contribution in [0.4, 0.5) is 0 Å². The van der Waals surface area contributed by atoms with Crippen LogP contribution in [-0.2, 0) is 4.74 Å². The first-order valence-corrected chi connectivity index (χ1v) is 9.28. The van der Waals surface area contributed by atoms with Crippen LogP contribution in [0.3, 0.4) is 0 Å². The van der Waals surface area contributed by atoms with Gasteiger partial charge < -0.3 is 14.9 Å². The molecule has 6 atom stereocenters. The highest BCUT2D eigenvalue weighted by atomic mass is 16.5. The second kappa shape index (κ2) is 5.57. The van der Waals surface area contributed by atoms with Crippen molar-refractivity contribution < 1.29 is 14.9 Å². The lowest BCUT2D eigenvalue weighted by Gasteiger charge is -2.61. The predicted molar refractivity (Wildman–Crippen MR) is 92.1 cm³/mol. The highest BCUT2D eigenvalue weighted by molar-refractivity contribution is 5.19. The zero-order valence-corrected chi connectivity index (χ0v) is 15.4. The number of ether oxygens (including phenoxy) is 1. The van der Waals surface area contributed by atoms with Gasteiger partial charge in [-0.3, -0.25) is 0 Å². The molecule has 0 radical (unpaired) electrons. The van der Waals surface area contributed by atoms with Crippen LogP contribution in [0, 0.1) is 22.7 Å². The first-order chi connectivity index (χ1) is 10.6. The van der Waals surface area contributed by atoms with Gasteiger partial charge in [0.05, 0.1) is 24.4 Å². The molecule has 3 rings (SSSR count). The summed E-state index contributed by atoms with van der Waals surface area (Å²) in [5, 5.41) is 20.2. The SMILES string of the molecule is C/C(=C\CO)[C@H]1C[C@@H]2[C@@]3(C)CCCC(C)(C)[C@@H]3C[C@H](O)[C@@]2(C)O1. The van der Waals surface area contributed by atoms with Gasteiger partial charge in [-0.15, -0.1) is 0 Å². The molecule has 0 aromatic rings. The number of aliphatic hydroxyl groups is 2. The molecule has 0 spiro atoms. The molecule has 3 fully saturated rings. The van der Waals surface area contributed by atoms with E-state index < -0.39 is 11.7 Å². The van der Waals surface area contributed by atoms with Crippen LogP contribution in [0.2, 0.25) is 0 Å². The molecule has 2 saturated carbocycles. The van der Waals surface area contributed by atoms with Crippen LogP contribution in [0.5, 0.6) is 0 Å². The van der Waals surface area contributed by atoms with E-state index in [-0.39, 0.29) is 18.1 Å². The molecule has 3 aliphatic rings. The van der Waals surface area contributed by atoms with Crippen molar-refractivity contribution in [3.8, 4) is 0 Å². The second-order valence-corrected chi connectivity index (χ2v) is 9.36. The molecular weight excluding hydrogens is 288 g/mol. The summed E-state index contributed by atoms with van der Waals surface area (Å²) in [4.78, 5) is 0. The summed E-state index contributed by atoms with van der Waals surface area (Å²) in [5.41, 5.74) is 1.19. The number of hydrogen-bond donors (Lipinski definition) is 2. The predicted octanol–water partition coefficient (Wildman–Crippen LogP) is 3.69. The van der Waals surface area contributed by atoms with Crippen molar-refractivity contribution in [1.29, 1.82) is 0 Å². The van der Waals surface area contributed by atoms with Crippen LogP contribution < -0.4 is 0 Å². The monoisotopic (exact) mass is 322 g/mol. The Kier molecular flexibility index (Phi) is 4.23. The van der Waals surface area contributed by atoms with Gasteiger partial charge in [-0.25, -0.2) is 0 Å². The Bertz CT molecular complexity index is 497. The van der Waals surface area contributed by atoms with Crippen LogP contribution in [0.25, 0.3) is 0 Å². The number of hydrogen-bond acceptors (Lipinski definition) is 3. The summed E-state index contributed by atoms with van der Waals surface area (Å²) in [6, 6.07) is 0. The molecule has 2 aliphatic carbocycles. The molecule has 0 aromatic carbocycles. The van der Waals surface area contributed by atoms with Crippen molar-refractivity contribution >= 4 is 0 Å². The van der Waals surface area contributed by atoms with E-state index >= 15 is 0 Å². The normalized spacial score (nSPS) is 49.6. The topological polar surface area (TPSA) is 49.7 Å². The van der Waals surface area contributed by atoms with Gasteiger partial charge in [0.2, 0.25) is 0 Å². The van der Waals surface area contributed by atoms with Crippen molar-refractivity contribution in [2.75, 3.05) is 6.61 Å². The zero-order valence-electron chi connectivity index (χ0n) is 15.4. The molecule has 2 N–H and O–H groups in total. The van der Waals surface area contributed by atoms with E-state index in [1.165, 1.54) is 19.3 Å². The Balaban J connectivity index is 1.97. The molecule has 0 amide bonds. The van der Waals surface area contributed by atoms with Crippen molar-refractivity contribution in [3.05, 3.63) is 11.6 Å². The summed E-state index contributed by atoms with van der Waals surface area (Å²) < 4.78 is 6.43. The third-order valence-electron chi connectivity index (χ3n) is 7.65. The lowest BCUT2D eigenvalue weighted by Crippen LogP contribution is -2.61. The van der Waals surface area contributed by atoms with Gasteiger partial charge in [0.25, 0.3) is 0 Å². The number of fused-ring (bicyclic) bond motifs is 3. The van der Waals surface area contributed by atoms with Crippen LogP contribution in [-0.4, -0.2) is 34.6 Å². The van der Waals surface area contributed by atoms with Gasteiger partial charge in [-0.1, -0.05) is 33.3 Å². The second-order valence-electron chi connectivity index (χ2n) is 9.36. The minimum Gasteiger partial charge on any atom is -0.392 e. The Labute approximate surface area is 141 Å². The van der Waals surface area contributed by atoms with Gasteiger partial charge in [-0.05, 0) is 67.8 Å². The fourth-order valence-electron chi connectivity index (χ4n) is 6.30. The van der Waals surface area contributed by atoms with Gasteiger partial charge in [0, 0.05) is 0 Å². The van der Waals surface area contributed by atoms with Crippen molar-refractivity contribution in [2.45, 2.75) is 84.5 Å². The van der Waals surface area contributed by atoms with E-state index in [9.17, 15) is 10.2 Å². The third kappa shape index (κ3) is 2.51. The Hall–Kier alpha value is -0.380. The van der Waals surface area contributed by atoms with Gasteiger partial charge in [0.1, 0.15) is 0 Å². The molecule has 0 bridgehead atoms. The van der Waals surface area contributed by atoms with E-state index in [4.69, 9.17) is 4.74 Å². The van der Waals surface area contributed by atoms with Gasteiger partial charge in [-0.2, -0.15) is 0 Å². The molecule has 0 aromatic heterocycles. The molecular formula is C20H34O3. The van der Waals surface area contributed by atoms with E-state index in [1.54, 1.807) is 0 Å². The Morgan fingerprint density at radius 2 is 1.83 bits per heavy atom. The molecule has 1 saturated heterocycles. The number of aliphatic hydroxyl groups excluding tert-OH is 2. The highest BCUT2D eigenvalue weighted by Crippen LogP contribution is 2.65. The maximum absolute atomic E-state index is 11.0. The first-order valence-electron chi connectivity index (χ1n) is 9.28. The average Bonchev–Trinajstić information content (AvgIpc) is 2.83. The molecule has 23 heavy (non-hydrogen) atoms. The molecule has 0 unspecified atom stereocenters. The maximum atomic E-state index is 11.0. The van der Waals surface area contributed by atoms with E-state index in [0.717, 1.165) is 18.4 Å². The molecule has 3 nitrogen and oxygen atoms in total. The lowest BCUT2D eigenvalue weighted by atomic mass is 9.45. The van der Waals surface area contributed by atoms with Crippen molar-refractivity contribution in [2.24, 2.45) is 22.7 Å². The molecule has 3 heteroatoms. The van der Waals surface area contributed by atoms with E-state index in [2.05, 4.69) is 27.7 Å². The minimum absolute atomic E-state index is 0.0346. The van der Waals surface area contributed by atoms with E-state index in [0.29, 0.717) is 17.3 Å². The van der Waals surface area contributed by atoms with Gasteiger partial charge >= 0.3 is 0 Å². The van der Waals surface area contributed by atoms with Crippen molar-refractivity contribution in [1.82, 2.24) is 0 Å². The third-order valence-corrected chi connectivity index (χ3v) is 7.65. The molecule has 1 aliphatic heterocycles. The fourth-order valence-corrected chi connectivity index (χ4v) is 6.30.